The Morgan fingerprint density at radius 2 is 1.45 bits per heavy atom. The molecule has 3 rings (SSSR count). The maximum atomic E-state index is 13.5. The third kappa shape index (κ3) is 1.15. The van der Waals surface area contributed by atoms with Crippen LogP contribution in [0.1, 0.15) is 0 Å². The fraction of sp³-hybridized carbons (Fsp3) is 0.857. The summed E-state index contributed by atoms with van der Waals surface area (Å²) in [6.07, 6.45) is 0. The Kier molecular flexibility index (Phi) is 1.63. The van der Waals surface area contributed by atoms with Crippen LogP contribution in [0, 0.1) is 6.00 Å². The predicted molar refractivity (Wildman–Crippen MR) is 41.0 cm³/mol. The summed E-state index contributed by atoms with van der Waals surface area (Å²) in [5, 5.41) is 0. The molecule has 0 aliphatic carbocycles. The highest BCUT2D eigenvalue weighted by atomic mass is 35.5. The van der Waals surface area contributed by atoms with Gasteiger partial charge in [-0.3, -0.25) is 11.6 Å². The average molecular weight is 180 g/mol. The summed E-state index contributed by atoms with van der Waals surface area (Å²) in [5.41, 5.74) is 0. The SMILES string of the molecule is F[N+]12CC[N+]([CH-]Cl)(CC1)CC2. The van der Waals surface area contributed by atoms with Crippen molar-refractivity contribution in [1.82, 2.24) is 0 Å². The number of hydrogen-bond acceptors (Lipinski definition) is 0. The lowest BCUT2D eigenvalue weighted by molar-refractivity contribution is -1.14. The van der Waals surface area contributed by atoms with E-state index in [-0.39, 0.29) is 4.71 Å². The minimum Gasteiger partial charge on any atom is -0.428 e. The summed E-state index contributed by atoms with van der Waals surface area (Å²) < 4.78 is 14.1. The van der Waals surface area contributed by atoms with Crippen molar-refractivity contribution in [2.24, 2.45) is 0 Å². The first-order chi connectivity index (χ1) is 5.18. The number of piperazine rings is 3. The molecule has 3 fully saturated rings. The molecule has 2 bridgehead atoms. The van der Waals surface area contributed by atoms with Gasteiger partial charge in [-0.25, -0.2) is 0 Å². The lowest BCUT2D eigenvalue weighted by Gasteiger charge is -2.54. The molecule has 64 valence electrons. The van der Waals surface area contributed by atoms with Gasteiger partial charge in [0.25, 0.3) is 0 Å². The van der Waals surface area contributed by atoms with Crippen LogP contribution in [0.3, 0.4) is 0 Å². The van der Waals surface area contributed by atoms with Crippen molar-refractivity contribution in [3.63, 3.8) is 0 Å². The molecule has 0 spiro atoms. The van der Waals surface area contributed by atoms with Crippen LogP contribution in [-0.4, -0.2) is 48.5 Å². The van der Waals surface area contributed by atoms with E-state index < -0.39 is 0 Å². The highest BCUT2D eigenvalue weighted by Gasteiger charge is 2.46. The van der Waals surface area contributed by atoms with Gasteiger partial charge in [0.2, 0.25) is 0 Å². The molecule has 0 amide bonds. The molecule has 3 heterocycles. The molecule has 3 aliphatic heterocycles. The van der Waals surface area contributed by atoms with E-state index in [9.17, 15) is 4.48 Å². The molecular formula is C7H13ClFN2+. The van der Waals surface area contributed by atoms with Gasteiger partial charge in [-0.05, 0) is 4.48 Å². The zero-order valence-electron chi connectivity index (χ0n) is 6.47. The predicted octanol–water partition coefficient (Wildman–Crippen LogP) is 0.890. The van der Waals surface area contributed by atoms with Gasteiger partial charge in [-0.1, -0.05) is 6.00 Å². The largest absolute Gasteiger partial charge is 0.428 e. The molecule has 0 aromatic rings. The van der Waals surface area contributed by atoms with Crippen molar-refractivity contribution in [2.45, 2.75) is 0 Å². The van der Waals surface area contributed by atoms with Crippen molar-refractivity contribution in [3.8, 4) is 0 Å². The van der Waals surface area contributed by atoms with E-state index >= 15 is 0 Å². The normalized spacial score (nSPS) is 49.6. The summed E-state index contributed by atoms with van der Waals surface area (Å²) in [4.78, 5) is 0. The quantitative estimate of drug-likeness (QED) is 0.243. The molecule has 3 saturated heterocycles. The van der Waals surface area contributed by atoms with Crippen LogP contribution in [0.2, 0.25) is 0 Å². The minimum absolute atomic E-state index is 0.218. The second kappa shape index (κ2) is 2.31. The second-order valence-corrected chi connectivity index (χ2v) is 3.88. The van der Waals surface area contributed by atoms with Crippen molar-refractivity contribution in [1.29, 1.82) is 0 Å². The molecule has 0 saturated carbocycles. The Morgan fingerprint density at radius 3 is 1.82 bits per heavy atom. The van der Waals surface area contributed by atoms with Gasteiger partial charge in [0.05, 0.1) is 0 Å². The molecule has 0 unspecified atom stereocenters. The van der Waals surface area contributed by atoms with Crippen LogP contribution in [0.5, 0.6) is 0 Å². The van der Waals surface area contributed by atoms with E-state index in [1.807, 2.05) is 0 Å². The van der Waals surface area contributed by atoms with Gasteiger partial charge in [-0.15, -0.1) is 4.71 Å². The molecule has 0 N–H and O–H groups in total. The number of hydrogen-bond donors (Lipinski definition) is 0. The zero-order valence-corrected chi connectivity index (χ0v) is 7.23. The zero-order chi connectivity index (χ0) is 7.95. The van der Waals surface area contributed by atoms with E-state index in [0.717, 1.165) is 24.1 Å². The van der Waals surface area contributed by atoms with E-state index in [2.05, 4.69) is 0 Å². The Hall–Kier alpha value is 0.140. The summed E-state index contributed by atoms with van der Waals surface area (Å²) in [6.45, 7) is 4.55. The van der Waals surface area contributed by atoms with Crippen LogP contribution in [-0.2, 0) is 0 Å². The van der Waals surface area contributed by atoms with Gasteiger partial charge < -0.3 is 4.48 Å². The lowest BCUT2D eigenvalue weighted by Crippen LogP contribution is -2.70. The molecular weight excluding hydrogens is 167 g/mol. The maximum Gasteiger partial charge on any atom is 0.162 e. The number of quaternary nitrogens is 2. The number of halogens is 2. The van der Waals surface area contributed by atoms with Gasteiger partial charge in [0.1, 0.15) is 19.6 Å². The summed E-state index contributed by atoms with van der Waals surface area (Å²) in [7, 11) is 0. The molecule has 0 atom stereocenters. The van der Waals surface area contributed by atoms with Gasteiger partial charge in [-0.2, -0.15) is 0 Å². The second-order valence-electron chi connectivity index (χ2n) is 3.69. The molecule has 0 aromatic carbocycles. The first kappa shape index (κ1) is 7.77. The van der Waals surface area contributed by atoms with Crippen LogP contribution in [0.15, 0.2) is 0 Å². The fourth-order valence-corrected chi connectivity index (χ4v) is 2.25. The molecule has 3 aliphatic rings. The summed E-state index contributed by atoms with van der Waals surface area (Å²) >= 11 is 5.73. The van der Waals surface area contributed by atoms with Crippen LogP contribution < -0.4 is 0 Å². The summed E-state index contributed by atoms with van der Waals surface area (Å²) in [6, 6.07) is 1.71. The molecule has 0 radical (unpaired) electrons. The Morgan fingerprint density at radius 1 is 1.00 bits per heavy atom. The first-order valence-corrected chi connectivity index (χ1v) is 4.48. The van der Waals surface area contributed by atoms with E-state index in [1.165, 1.54) is 0 Å². The lowest BCUT2D eigenvalue weighted by atomic mass is 10.2. The first-order valence-electron chi connectivity index (χ1n) is 4.04. The standard InChI is InChI=1S/C7H13ClFN2/c8-7-10-1-4-11(9,5-2-10)6-3-10/h7H,1-6H2/q+1. The molecule has 2 nitrogen and oxygen atoms in total. The van der Waals surface area contributed by atoms with Crippen LogP contribution >= 0.6 is 11.6 Å². The fourth-order valence-electron chi connectivity index (χ4n) is 1.95. The minimum atomic E-state index is -0.218. The average Bonchev–Trinajstić information content (AvgIpc) is 2.07. The van der Waals surface area contributed by atoms with Crippen molar-refractivity contribution < 1.29 is 13.7 Å². The topological polar surface area (TPSA) is 0 Å². The van der Waals surface area contributed by atoms with Crippen LogP contribution in [0.25, 0.3) is 0 Å². The highest BCUT2D eigenvalue weighted by Crippen LogP contribution is 2.28. The number of rotatable bonds is 1. The Balaban J connectivity index is 2.12. The Labute approximate surface area is 71.3 Å². The third-order valence-corrected chi connectivity index (χ3v) is 3.46. The van der Waals surface area contributed by atoms with Crippen molar-refractivity contribution in [2.75, 3.05) is 39.3 Å². The van der Waals surface area contributed by atoms with Crippen molar-refractivity contribution in [3.05, 3.63) is 6.00 Å². The maximum absolute atomic E-state index is 13.5. The summed E-state index contributed by atoms with van der Waals surface area (Å²) in [5.74, 6) is 0. The van der Waals surface area contributed by atoms with E-state index in [1.54, 1.807) is 6.00 Å². The molecule has 11 heavy (non-hydrogen) atoms. The smallest absolute Gasteiger partial charge is 0.162 e. The van der Waals surface area contributed by atoms with Crippen LogP contribution in [0.4, 0.5) is 4.48 Å². The van der Waals surface area contributed by atoms with E-state index in [0.29, 0.717) is 19.6 Å². The monoisotopic (exact) mass is 179 g/mol. The van der Waals surface area contributed by atoms with Gasteiger partial charge in [0.15, 0.2) is 19.6 Å². The third-order valence-electron chi connectivity index (χ3n) is 3.05. The Bertz CT molecular complexity index is 149. The van der Waals surface area contributed by atoms with E-state index in [4.69, 9.17) is 11.6 Å². The highest BCUT2D eigenvalue weighted by molar-refractivity contribution is 6.21. The van der Waals surface area contributed by atoms with Gasteiger partial charge in [0, 0.05) is 0 Å². The van der Waals surface area contributed by atoms with Gasteiger partial charge >= 0.3 is 0 Å². The number of nitrogens with zero attached hydrogens (tertiary/aromatic N) is 2. The molecule has 4 heteroatoms. The molecule has 0 aromatic heterocycles. The number of fused-ring (bicyclic) bond motifs is 3. The van der Waals surface area contributed by atoms with Crippen molar-refractivity contribution >= 4 is 11.6 Å².